The summed E-state index contributed by atoms with van der Waals surface area (Å²) in [7, 11) is 0. The summed E-state index contributed by atoms with van der Waals surface area (Å²) in [6.07, 6.45) is 0. The molecule has 16 heteroatoms. The van der Waals surface area contributed by atoms with Gasteiger partial charge in [-0.2, -0.15) is 22.1 Å². The minimum Gasteiger partial charge on any atom is -0.161 e. The number of hydrogen-bond acceptors (Lipinski definition) is 16. The van der Waals surface area contributed by atoms with Crippen LogP contribution >= 0.6 is 0 Å². The van der Waals surface area contributed by atoms with Gasteiger partial charge in [-0.25, -0.2) is 0 Å². The first-order valence-corrected chi connectivity index (χ1v) is 4.19. The molecule has 16 heavy (non-hydrogen) atoms. The van der Waals surface area contributed by atoms with Gasteiger partial charge in [-0.05, 0) is 15.7 Å². The molecular formula is H12N16. The van der Waals surface area contributed by atoms with Gasteiger partial charge in [-0.15, -0.1) is 44.3 Å². The van der Waals surface area contributed by atoms with Gasteiger partial charge in [-0.1, -0.05) is 5.23 Å². The van der Waals surface area contributed by atoms with Crippen LogP contribution < -0.4 is 66.4 Å². The maximum Gasteiger partial charge on any atom is -0.0284 e. The van der Waals surface area contributed by atoms with E-state index in [9.17, 15) is 0 Å². The van der Waals surface area contributed by atoms with Crippen molar-refractivity contribution in [3.63, 3.8) is 0 Å². The summed E-state index contributed by atoms with van der Waals surface area (Å²) >= 11 is 0. The Morgan fingerprint density at radius 1 is 0.750 bits per heavy atom. The Bertz CT molecular complexity index is 194. The predicted molar refractivity (Wildman–Crippen MR) is 45.0 cm³/mol. The van der Waals surface area contributed by atoms with E-state index < -0.39 is 0 Å². The average molecular weight is 236 g/mol. The van der Waals surface area contributed by atoms with Crippen LogP contribution in [0.1, 0.15) is 0 Å². The SMILES string of the molecule is N1NN(NNNN(N2NNN2)N2NNN2)N1. The molecule has 0 atom stereocenters. The van der Waals surface area contributed by atoms with E-state index in [0.717, 1.165) is 0 Å². The molecule has 3 saturated heterocycles. The number of hydrazine groups is 18. The molecule has 0 saturated carbocycles. The van der Waals surface area contributed by atoms with Gasteiger partial charge < -0.3 is 0 Å². The van der Waals surface area contributed by atoms with Crippen LogP contribution in [-0.4, -0.2) is 20.9 Å². The van der Waals surface area contributed by atoms with Crippen LogP contribution in [0.5, 0.6) is 0 Å². The highest BCUT2D eigenvalue weighted by Crippen LogP contribution is 1.91. The third-order valence-corrected chi connectivity index (χ3v) is 1.69. The van der Waals surface area contributed by atoms with E-state index >= 15 is 0 Å². The lowest BCUT2D eigenvalue weighted by atomic mass is 11.6. The summed E-state index contributed by atoms with van der Waals surface area (Å²) in [6.45, 7) is 0. The van der Waals surface area contributed by atoms with Gasteiger partial charge in [-0.3, -0.25) is 0 Å². The third-order valence-electron chi connectivity index (χ3n) is 1.69. The van der Waals surface area contributed by atoms with E-state index in [-0.39, 0.29) is 0 Å². The third kappa shape index (κ3) is 2.08. The molecule has 0 spiro atoms. The minimum atomic E-state index is 1.43. The average Bonchev–Trinajstić information content (AvgIpc) is 2.02. The molecule has 0 aromatic heterocycles. The quantitative estimate of drug-likeness (QED) is 0.197. The summed E-state index contributed by atoms with van der Waals surface area (Å²) in [5.41, 5.74) is 32.2. The first kappa shape index (κ1) is 10.5. The molecular weight excluding hydrogens is 224 g/mol. The standard InChI is InChI=1S/H12N16/c1-5-13(6-1)7-2-12-16(14-8-3-9-14)15-10-4-11-15/h1-12H. The van der Waals surface area contributed by atoms with Crippen molar-refractivity contribution in [3.8, 4) is 0 Å². The second kappa shape index (κ2) is 4.70. The topological polar surface area (TPSA) is 157 Å². The molecule has 3 fully saturated rings. The van der Waals surface area contributed by atoms with Crippen LogP contribution in [0.25, 0.3) is 0 Å². The Hall–Kier alpha value is -0.640. The fourth-order valence-electron chi connectivity index (χ4n) is 0.889. The molecule has 0 aromatic carbocycles. The molecule has 3 aliphatic rings. The second-order valence-electron chi connectivity index (χ2n) is 2.64. The molecule has 3 rings (SSSR count). The minimum absolute atomic E-state index is 1.43. The Morgan fingerprint density at radius 3 is 1.69 bits per heavy atom. The number of nitrogens with zero attached hydrogens (tertiary/aromatic N) is 4. The zero-order valence-corrected chi connectivity index (χ0v) is 7.79. The van der Waals surface area contributed by atoms with E-state index in [1.807, 2.05) is 0 Å². The zero-order chi connectivity index (χ0) is 10.8. The fraction of sp³-hybridized carbons (Fsp3) is 0. The van der Waals surface area contributed by atoms with Crippen LogP contribution in [0.2, 0.25) is 0 Å². The lowest BCUT2D eigenvalue weighted by Gasteiger charge is -2.48. The molecule has 0 aromatic rings. The summed E-state index contributed by atoms with van der Waals surface area (Å²) in [4.78, 5) is 0. The molecule has 12 N–H and O–H groups in total. The van der Waals surface area contributed by atoms with Crippen LogP contribution in [0, 0.1) is 0 Å². The Labute approximate surface area is 88.5 Å². The monoisotopic (exact) mass is 236 g/mol. The predicted octanol–water partition coefficient (Wildman–Crippen LogP) is -7.22. The summed E-state index contributed by atoms with van der Waals surface area (Å²) in [5, 5.41) is 5.85. The van der Waals surface area contributed by atoms with E-state index in [1.165, 1.54) is 20.9 Å². The number of nitrogens with one attached hydrogen (secondary N) is 12. The first-order valence-electron chi connectivity index (χ1n) is 4.19. The van der Waals surface area contributed by atoms with Crippen molar-refractivity contribution in [2.45, 2.75) is 0 Å². The molecule has 0 aliphatic carbocycles. The highest BCUT2D eigenvalue weighted by atomic mass is 16.4. The lowest BCUT2D eigenvalue weighted by Crippen LogP contribution is -2.91. The van der Waals surface area contributed by atoms with Gasteiger partial charge in [0, 0.05) is 0 Å². The maximum atomic E-state index is 2.77. The molecule has 0 bridgehead atoms. The van der Waals surface area contributed by atoms with Crippen molar-refractivity contribution in [1.29, 1.82) is 0 Å². The van der Waals surface area contributed by atoms with Crippen LogP contribution in [0.15, 0.2) is 0 Å². The smallest absolute Gasteiger partial charge is 0.0284 e. The van der Waals surface area contributed by atoms with E-state index in [1.54, 1.807) is 0 Å². The Kier molecular flexibility index (Phi) is 3.09. The molecule has 3 aliphatic heterocycles. The van der Waals surface area contributed by atoms with Crippen molar-refractivity contribution in [3.05, 3.63) is 0 Å². The van der Waals surface area contributed by atoms with Crippen molar-refractivity contribution >= 4 is 0 Å². The van der Waals surface area contributed by atoms with E-state index in [2.05, 4.69) is 66.4 Å². The number of hydrogen-bond donors (Lipinski definition) is 12. The van der Waals surface area contributed by atoms with Gasteiger partial charge >= 0.3 is 0 Å². The molecule has 3 heterocycles. The van der Waals surface area contributed by atoms with E-state index in [0.29, 0.717) is 0 Å². The van der Waals surface area contributed by atoms with E-state index in [4.69, 9.17) is 0 Å². The van der Waals surface area contributed by atoms with Crippen LogP contribution in [0.4, 0.5) is 0 Å². The Balaban J connectivity index is 1.40. The van der Waals surface area contributed by atoms with Crippen molar-refractivity contribution in [2.75, 3.05) is 0 Å². The number of rotatable bonds is 6. The summed E-state index contributed by atoms with van der Waals surface area (Å²) in [5.74, 6) is 0. The van der Waals surface area contributed by atoms with Gasteiger partial charge in [0.1, 0.15) is 0 Å². The van der Waals surface area contributed by atoms with Gasteiger partial charge in [0.15, 0.2) is 0 Å². The molecule has 0 unspecified atom stereocenters. The largest absolute Gasteiger partial charge is 0.161 e. The highest BCUT2D eigenvalue weighted by Gasteiger charge is 2.31. The van der Waals surface area contributed by atoms with Gasteiger partial charge in [0.2, 0.25) is 0 Å². The van der Waals surface area contributed by atoms with Crippen LogP contribution in [-0.2, 0) is 0 Å². The zero-order valence-electron chi connectivity index (χ0n) is 7.79. The molecule has 16 nitrogen and oxygen atoms in total. The normalized spacial score (nSPS) is 27.6. The second-order valence-corrected chi connectivity index (χ2v) is 2.64. The first-order chi connectivity index (χ1) is 7.93. The molecule has 0 radical (unpaired) electrons. The van der Waals surface area contributed by atoms with Crippen molar-refractivity contribution in [2.24, 2.45) is 0 Å². The van der Waals surface area contributed by atoms with Gasteiger partial charge in [0.05, 0.1) is 0 Å². The molecule has 0 amide bonds. The van der Waals surface area contributed by atoms with Gasteiger partial charge in [0.25, 0.3) is 0 Å². The Morgan fingerprint density at radius 2 is 1.31 bits per heavy atom. The van der Waals surface area contributed by atoms with Crippen molar-refractivity contribution < 1.29 is 0 Å². The highest BCUT2D eigenvalue weighted by molar-refractivity contribution is 4.41. The fourth-order valence-corrected chi connectivity index (χ4v) is 0.889. The summed E-state index contributed by atoms with van der Waals surface area (Å²) < 4.78 is 0. The molecule has 92 valence electrons. The maximum absolute atomic E-state index is 2.77. The van der Waals surface area contributed by atoms with Crippen molar-refractivity contribution in [1.82, 2.24) is 87.3 Å². The lowest BCUT2D eigenvalue weighted by molar-refractivity contribution is -0.404. The summed E-state index contributed by atoms with van der Waals surface area (Å²) in [6, 6.07) is 0. The van der Waals surface area contributed by atoms with Crippen LogP contribution in [0.3, 0.4) is 0 Å².